The van der Waals surface area contributed by atoms with E-state index >= 15 is 0 Å². The van der Waals surface area contributed by atoms with Crippen LogP contribution in [0, 0.1) is 11.3 Å². The van der Waals surface area contributed by atoms with Gasteiger partial charge in [0.15, 0.2) is 0 Å². The number of ketones is 1. The first-order valence-electron chi connectivity index (χ1n) is 8.53. The second-order valence-electron chi connectivity index (χ2n) is 6.29. The van der Waals surface area contributed by atoms with E-state index in [1.165, 1.54) is 0 Å². The highest BCUT2D eigenvalue weighted by atomic mass is 32.2. The molecule has 0 N–H and O–H groups in total. The van der Waals surface area contributed by atoms with Crippen molar-refractivity contribution in [3.05, 3.63) is 35.9 Å². The van der Waals surface area contributed by atoms with Crippen molar-refractivity contribution >= 4 is 27.0 Å². The van der Waals surface area contributed by atoms with E-state index in [0.717, 1.165) is 36.3 Å². The molecule has 2 heterocycles. The van der Waals surface area contributed by atoms with Crippen LogP contribution in [0.2, 0.25) is 0 Å². The van der Waals surface area contributed by atoms with Crippen LogP contribution in [0.15, 0.2) is 30.3 Å². The van der Waals surface area contributed by atoms with Crippen LogP contribution >= 0.6 is 10.5 Å². The molecule has 1 aromatic rings. The number of likely N-dealkylation sites (tertiary alicyclic amines) is 1. The molecule has 2 aliphatic heterocycles. The third-order valence-corrected chi connectivity index (χ3v) is 7.19. The molecule has 2 fully saturated rings. The first-order chi connectivity index (χ1) is 11.7. The Morgan fingerprint density at radius 3 is 2.62 bits per heavy atom. The van der Waals surface area contributed by atoms with Crippen LogP contribution in [0.5, 0.6) is 0 Å². The van der Waals surface area contributed by atoms with Crippen molar-refractivity contribution in [2.75, 3.05) is 18.1 Å². The summed E-state index contributed by atoms with van der Waals surface area (Å²) in [6.45, 7) is 0.547. The summed E-state index contributed by atoms with van der Waals surface area (Å²) in [4.78, 5) is 27.2. The normalized spacial score (nSPS) is 21.0. The van der Waals surface area contributed by atoms with Crippen molar-refractivity contribution in [1.82, 2.24) is 4.90 Å². The molecule has 126 valence electrons. The number of rotatable bonds is 5. The number of benzene rings is 1. The lowest BCUT2D eigenvalue weighted by molar-refractivity contribution is -0.132. The van der Waals surface area contributed by atoms with Crippen molar-refractivity contribution in [3.63, 3.8) is 0 Å². The zero-order valence-corrected chi connectivity index (χ0v) is 14.6. The fourth-order valence-electron chi connectivity index (χ4n) is 3.45. The first kappa shape index (κ1) is 16.9. The summed E-state index contributed by atoms with van der Waals surface area (Å²) in [6.07, 6.45) is 3.91. The minimum atomic E-state index is -0.427. The summed E-state index contributed by atoms with van der Waals surface area (Å²) in [6, 6.07) is 11.7. The lowest BCUT2D eigenvalue weighted by atomic mass is 10.1. The molecule has 3 rings (SSSR count). The van der Waals surface area contributed by atoms with Gasteiger partial charge in [-0.1, -0.05) is 30.3 Å². The summed E-state index contributed by atoms with van der Waals surface area (Å²) < 4.78 is 0. The third-order valence-electron chi connectivity index (χ3n) is 4.76. The summed E-state index contributed by atoms with van der Waals surface area (Å²) >= 11 is 0. The molecular formula is C19H22N2O2S. The number of Topliss-reactive ketones (excluding diaryl/α,β-unsaturated/α-hetero) is 1. The van der Waals surface area contributed by atoms with Gasteiger partial charge in [0, 0.05) is 13.0 Å². The number of carbonyl (C=O) groups is 2. The molecule has 1 amide bonds. The maximum absolute atomic E-state index is 12.9. The zero-order chi connectivity index (χ0) is 16.9. The lowest BCUT2D eigenvalue weighted by Gasteiger charge is -2.24. The molecule has 5 heteroatoms. The maximum Gasteiger partial charge on any atom is 0.223 e. The van der Waals surface area contributed by atoms with E-state index in [9.17, 15) is 14.9 Å². The van der Waals surface area contributed by atoms with Crippen molar-refractivity contribution < 1.29 is 9.59 Å². The zero-order valence-electron chi connectivity index (χ0n) is 13.7. The molecule has 1 atom stereocenters. The number of carbonyl (C=O) groups excluding carboxylic acids is 2. The number of nitriles is 1. The molecular weight excluding hydrogens is 320 g/mol. The van der Waals surface area contributed by atoms with Crippen molar-refractivity contribution in [1.29, 1.82) is 5.26 Å². The predicted molar refractivity (Wildman–Crippen MR) is 97.1 cm³/mol. The van der Waals surface area contributed by atoms with E-state index < -0.39 is 6.04 Å². The SMILES string of the molecule is N#CC(C(=O)C1CCC(=O)N1CCc1ccccc1)=S1CCCC1. The van der Waals surface area contributed by atoms with E-state index in [0.29, 0.717) is 24.3 Å². The highest BCUT2D eigenvalue weighted by Crippen LogP contribution is 2.29. The standard InChI is InChI=1S/C19H22N2O2S/c20-14-17(24-12-4-5-13-24)19(23)16-8-9-18(22)21(16)11-10-15-6-2-1-3-7-15/h1-3,6-7,16H,4-5,8-13H2. The van der Waals surface area contributed by atoms with Gasteiger partial charge in [0.05, 0.1) is 6.04 Å². The van der Waals surface area contributed by atoms with Crippen LogP contribution in [0.1, 0.15) is 31.2 Å². The second-order valence-corrected chi connectivity index (χ2v) is 8.50. The smallest absolute Gasteiger partial charge is 0.223 e. The van der Waals surface area contributed by atoms with Gasteiger partial charge in [-0.25, -0.2) is 0 Å². The number of hydrogen-bond acceptors (Lipinski definition) is 3. The van der Waals surface area contributed by atoms with E-state index in [1.54, 1.807) is 4.90 Å². The third kappa shape index (κ3) is 3.59. The Morgan fingerprint density at radius 2 is 1.96 bits per heavy atom. The van der Waals surface area contributed by atoms with E-state index in [1.807, 2.05) is 30.3 Å². The lowest BCUT2D eigenvalue weighted by Crippen LogP contribution is -2.42. The van der Waals surface area contributed by atoms with Crippen molar-refractivity contribution in [3.8, 4) is 6.07 Å². The van der Waals surface area contributed by atoms with Gasteiger partial charge in [-0.05, 0) is 42.8 Å². The molecule has 1 unspecified atom stereocenters. The Morgan fingerprint density at radius 1 is 1.25 bits per heavy atom. The Bertz CT molecular complexity index is 698. The Kier molecular flexibility index (Phi) is 5.47. The van der Waals surface area contributed by atoms with Crippen molar-refractivity contribution in [2.45, 2.75) is 38.1 Å². The van der Waals surface area contributed by atoms with E-state index in [-0.39, 0.29) is 22.2 Å². The van der Waals surface area contributed by atoms with Gasteiger partial charge >= 0.3 is 0 Å². The van der Waals surface area contributed by atoms with Gasteiger partial charge < -0.3 is 4.90 Å². The highest BCUT2D eigenvalue weighted by molar-refractivity contribution is 8.17. The Balaban J connectivity index is 1.74. The summed E-state index contributed by atoms with van der Waals surface area (Å²) in [5.41, 5.74) is 1.16. The molecule has 0 saturated carbocycles. The molecule has 0 aromatic heterocycles. The second kappa shape index (κ2) is 7.76. The molecule has 2 aliphatic rings. The van der Waals surface area contributed by atoms with Crippen LogP contribution in [-0.4, -0.2) is 45.5 Å². The van der Waals surface area contributed by atoms with E-state index in [4.69, 9.17) is 0 Å². The van der Waals surface area contributed by atoms with Crippen LogP contribution in [0.25, 0.3) is 0 Å². The van der Waals surface area contributed by atoms with E-state index in [2.05, 4.69) is 6.07 Å². The molecule has 2 saturated heterocycles. The molecule has 0 aliphatic carbocycles. The summed E-state index contributed by atoms with van der Waals surface area (Å²) in [5.74, 6) is 1.86. The molecule has 0 radical (unpaired) electrons. The number of hydrogen-bond donors (Lipinski definition) is 0. The van der Waals surface area contributed by atoms with Crippen LogP contribution < -0.4 is 0 Å². The largest absolute Gasteiger partial charge is 0.332 e. The van der Waals surface area contributed by atoms with Gasteiger partial charge in [-0.3, -0.25) is 9.59 Å². The van der Waals surface area contributed by atoms with Gasteiger partial charge in [-0.2, -0.15) is 15.7 Å². The van der Waals surface area contributed by atoms with Gasteiger partial charge in [0.1, 0.15) is 10.9 Å². The van der Waals surface area contributed by atoms with Crippen molar-refractivity contribution in [2.24, 2.45) is 0 Å². The molecule has 0 bridgehead atoms. The molecule has 4 nitrogen and oxygen atoms in total. The molecule has 1 aromatic carbocycles. The first-order valence-corrected chi connectivity index (χ1v) is 10.1. The number of nitrogens with zero attached hydrogens (tertiary/aromatic N) is 2. The molecule has 0 spiro atoms. The average molecular weight is 342 g/mol. The fraction of sp³-hybridized carbons (Fsp3) is 0.474. The summed E-state index contributed by atoms with van der Waals surface area (Å²) in [7, 11) is -0.189. The Hall–Kier alpha value is -1.93. The Labute approximate surface area is 145 Å². The van der Waals surface area contributed by atoms with Gasteiger partial charge in [0.25, 0.3) is 0 Å². The highest BCUT2D eigenvalue weighted by Gasteiger charge is 2.37. The topological polar surface area (TPSA) is 61.2 Å². The quantitative estimate of drug-likeness (QED) is 0.773. The van der Waals surface area contributed by atoms with Crippen LogP contribution in [0.4, 0.5) is 0 Å². The maximum atomic E-state index is 12.9. The predicted octanol–water partition coefficient (Wildman–Crippen LogP) is 2.55. The summed E-state index contributed by atoms with van der Waals surface area (Å²) in [5, 5.41) is 9.47. The van der Waals surface area contributed by atoms with Gasteiger partial charge in [0.2, 0.25) is 11.7 Å². The molecule has 24 heavy (non-hydrogen) atoms. The average Bonchev–Trinajstić information content (AvgIpc) is 3.25. The minimum absolute atomic E-state index is 0.0383. The fourth-order valence-corrected chi connectivity index (χ4v) is 5.72. The minimum Gasteiger partial charge on any atom is -0.332 e. The van der Waals surface area contributed by atoms with Gasteiger partial charge in [-0.15, -0.1) is 0 Å². The van der Waals surface area contributed by atoms with Crippen LogP contribution in [-0.2, 0) is 16.0 Å². The van der Waals surface area contributed by atoms with Crippen LogP contribution in [0.3, 0.4) is 0 Å². The monoisotopic (exact) mass is 342 g/mol. The number of amides is 1.